The van der Waals surface area contributed by atoms with E-state index in [1.165, 1.54) is 0 Å². The van der Waals surface area contributed by atoms with E-state index in [4.69, 9.17) is 21.1 Å². The van der Waals surface area contributed by atoms with Crippen molar-refractivity contribution in [2.45, 2.75) is 33.6 Å². The van der Waals surface area contributed by atoms with E-state index in [1.54, 1.807) is 0 Å². The van der Waals surface area contributed by atoms with Gasteiger partial charge >= 0.3 is 5.97 Å². The number of nitrogens with zero attached hydrogens (tertiary/aromatic N) is 2. The molecule has 0 atom stereocenters. The fourth-order valence-electron chi connectivity index (χ4n) is 2.13. The van der Waals surface area contributed by atoms with Gasteiger partial charge in [-0.05, 0) is 24.0 Å². The van der Waals surface area contributed by atoms with Gasteiger partial charge in [-0.2, -0.15) is 0 Å². The van der Waals surface area contributed by atoms with E-state index in [0.717, 1.165) is 5.56 Å². The number of aliphatic carboxylic acids is 1. The van der Waals surface area contributed by atoms with Crippen molar-refractivity contribution in [1.82, 2.24) is 10.2 Å². The minimum atomic E-state index is -0.846. The molecule has 5 nitrogen and oxygen atoms in total. The highest BCUT2D eigenvalue weighted by Crippen LogP contribution is 2.31. The van der Waals surface area contributed by atoms with Crippen LogP contribution in [0.4, 0.5) is 0 Å². The molecule has 6 heteroatoms. The Labute approximate surface area is 128 Å². The average Bonchev–Trinajstić information content (AvgIpc) is 2.78. The van der Waals surface area contributed by atoms with Crippen LogP contribution >= 0.6 is 11.6 Å². The van der Waals surface area contributed by atoms with E-state index < -0.39 is 11.4 Å². The zero-order valence-corrected chi connectivity index (χ0v) is 12.9. The summed E-state index contributed by atoms with van der Waals surface area (Å²) < 4.78 is 5.62. The van der Waals surface area contributed by atoms with Gasteiger partial charge in [0, 0.05) is 6.42 Å². The number of halogens is 1. The van der Waals surface area contributed by atoms with Gasteiger partial charge in [-0.3, -0.25) is 4.79 Å². The highest BCUT2D eigenvalue weighted by Gasteiger charge is 2.25. The molecule has 112 valence electrons. The molecule has 0 spiro atoms. The molecule has 21 heavy (non-hydrogen) atoms. The third kappa shape index (κ3) is 3.82. The van der Waals surface area contributed by atoms with Crippen LogP contribution in [0.5, 0.6) is 0 Å². The number of rotatable bonds is 5. The molecular formula is C15H17ClN2O3. The van der Waals surface area contributed by atoms with Gasteiger partial charge in [-0.15, -0.1) is 10.2 Å². The van der Waals surface area contributed by atoms with Gasteiger partial charge in [0.2, 0.25) is 11.8 Å². The van der Waals surface area contributed by atoms with Crippen LogP contribution in [0.3, 0.4) is 0 Å². The maximum absolute atomic E-state index is 10.8. The lowest BCUT2D eigenvalue weighted by Crippen LogP contribution is -2.19. The molecule has 0 aliphatic rings. The molecule has 0 radical (unpaired) electrons. The van der Waals surface area contributed by atoms with Crippen molar-refractivity contribution in [3.05, 3.63) is 34.7 Å². The predicted octanol–water partition coefficient (Wildman–Crippen LogP) is 3.74. The van der Waals surface area contributed by atoms with Gasteiger partial charge in [0.15, 0.2) is 0 Å². The summed E-state index contributed by atoms with van der Waals surface area (Å²) in [6.45, 7) is 5.61. The Kier molecular flexibility index (Phi) is 4.32. The van der Waals surface area contributed by atoms with Crippen molar-refractivity contribution in [1.29, 1.82) is 0 Å². The van der Waals surface area contributed by atoms with E-state index in [1.807, 2.05) is 39.0 Å². The summed E-state index contributed by atoms with van der Waals surface area (Å²) in [6, 6.07) is 5.59. The number of aryl methyl sites for hydroxylation is 1. The van der Waals surface area contributed by atoms with Crippen LogP contribution in [0, 0.1) is 12.3 Å². The van der Waals surface area contributed by atoms with E-state index in [2.05, 4.69) is 10.2 Å². The molecule has 1 aromatic heterocycles. The maximum Gasteiger partial charge on any atom is 0.303 e. The lowest BCUT2D eigenvalue weighted by molar-refractivity contribution is -0.139. The Morgan fingerprint density at radius 1 is 1.38 bits per heavy atom. The maximum atomic E-state index is 10.8. The number of benzene rings is 1. The Bertz CT molecular complexity index is 665. The summed E-state index contributed by atoms with van der Waals surface area (Å²) >= 11 is 6.23. The van der Waals surface area contributed by atoms with Crippen molar-refractivity contribution < 1.29 is 14.3 Å². The molecule has 1 aromatic carbocycles. The van der Waals surface area contributed by atoms with Crippen molar-refractivity contribution >= 4 is 17.6 Å². The molecule has 1 N–H and O–H groups in total. The first-order chi connectivity index (χ1) is 9.78. The molecule has 0 bridgehead atoms. The largest absolute Gasteiger partial charge is 0.481 e. The monoisotopic (exact) mass is 308 g/mol. The molecule has 1 heterocycles. The first-order valence-corrected chi connectivity index (χ1v) is 6.96. The third-order valence-electron chi connectivity index (χ3n) is 3.15. The number of hydrogen-bond donors (Lipinski definition) is 1. The highest BCUT2D eigenvalue weighted by atomic mass is 35.5. The first kappa shape index (κ1) is 15.5. The second-order valence-corrected chi connectivity index (χ2v) is 6.23. The van der Waals surface area contributed by atoms with Gasteiger partial charge < -0.3 is 9.52 Å². The summed E-state index contributed by atoms with van der Waals surface area (Å²) in [4.78, 5) is 10.8. The molecule has 0 saturated carbocycles. The lowest BCUT2D eigenvalue weighted by Gasteiger charge is -2.19. The van der Waals surface area contributed by atoms with E-state index >= 15 is 0 Å². The predicted molar refractivity (Wildman–Crippen MR) is 79.2 cm³/mol. The Morgan fingerprint density at radius 2 is 2.10 bits per heavy atom. The molecule has 2 aromatic rings. The molecule has 0 fully saturated rings. The molecule has 0 aliphatic carbocycles. The number of aromatic nitrogens is 2. The van der Waals surface area contributed by atoms with E-state index in [0.29, 0.717) is 28.8 Å². The van der Waals surface area contributed by atoms with Crippen LogP contribution in [0.1, 0.15) is 31.7 Å². The Morgan fingerprint density at radius 3 is 2.76 bits per heavy atom. The van der Waals surface area contributed by atoms with Crippen molar-refractivity contribution in [3.63, 3.8) is 0 Å². The molecule has 0 amide bonds. The number of carboxylic acid groups (broad SMARTS) is 1. The lowest BCUT2D eigenvalue weighted by atomic mass is 9.86. The van der Waals surface area contributed by atoms with Crippen molar-refractivity contribution in [2.75, 3.05) is 0 Å². The molecule has 0 saturated heterocycles. The second-order valence-electron chi connectivity index (χ2n) is 5.85. The van der Waals surface area contributed by atoms with Crippen LogP contribution in [0.2, 0.25) is 5.02 Å². The Hall–Kier alpha value is -1.88. The van der Waals surface area contributed by atoms with Crippen molar-refractivity contribution in [3.8, 4) is 11.5 Å². The van der Waals surface area contributed by atoms with Crippen LogP contribution in [0.25, 0.3) is 11.5 Å². The summed E-state index contributed by atoms with van der Waals surface area (Å²) in [5.41, 5.74) is 1.16. The summed E-state index contributed by atoms with van der Waals surface area (Å²) in [5, 5.41) is 17.5. The third-order valence-corrected chi connectivity index (χ3v) is 3.65. The zero-order chi connectivity index (χ0) is 15.6. The van der Waals surface area contributed by atoms with Gasteiger partial charge in [-0.1, -0.05) is 37.6 Å². The topological polar surface area (TPSA) is 76.2 Å². The van der Waals surface area contributed by atoms with Crippen LogP contribution in [-0.2, 0) is 11.2 Å². The highest BCUT2D eigenvalue weighted by molar-refractivity contribution is 6.33. The smallest absolute Gasteiger partial charge is 0.303 e. The molecule has 2 rings (SSSR count). The quantitative estimate of drug-likeness (QED) is 0.910. The minimum Gasteiger partial charge on any atom is -0.481 e. The summed E-state index contributed by atoms with van der Waals surface area (Å²) in [5.74, 6) is -0.0832. The number of carbonyl (C=O) groups is 1. The fourth-order valence-corrected chi connectivity index (χ4v) is 2.33. The first-order valence-electron chi connectivity index (χ1n) is 6.58. The fraction of sp³-hybridized carbons (Fsp3) is 0.400. The number of carboxylic acids is 1. The summed E-state index contributed by atoms with van der Waals surface area (Å²) in [7, 11) is 0. The van der Waals surface area contributed by atoms with Gasteiger partial charge in [0.05, 0.1) is 17.0 Å². The summed E-state index contributed by atoms with van der Waals surface area (Å²) in [6.07, 6.45) is 0.436. The normalized spacial score (nSPS) is 11.6. The SMILES string of the molecule is Cc1cccc(-c2nnc(CC(C)(C)CC(=O)O)o2)c1Cl. The Balaban J connectivity index is 2.22. The standard InChI is InChI=1S/C15H17ClN2O3/c1-9-5-4-6-10(13(9)16)14-18-17-11(21-14)7-15(2,3)8-12(19)20/h4-6H,7-8H2,1-3H3,(H,19,20). The molecule has 0 unspecified atom stereocenters. The van der Waals surface area contributed by atoms with Crippen LogP contribution < -0.4 is 0 Å². The molecular weight excluding hydrogens is 292 g/mol. The second kappa shape index (κ2) is 5.85. The van der Waals surface area contributed by atoms with Gasteiger partial charge in [-0.25, -0.2) is 0 Å². The number of hydrogen-bond acceptors (Lipinski definition) is 4. The van der Waals surface area contributed by atoms with Crippen LogP contribution in [0.15, 0.2) is 22.6 Å². The zero-order valence-electron chi connectivity index (χ0n) is 12.2. The van der Waals surface area contributed by atoms with Crippen molar-refractivity contribution in [2.24, 2.45) is 5.41 Å². The van der Waals surface area contributed by atoms with E-state index in [9.17, 15) is 4.79 Å². The minimum absolute atomic E-state index is 0.0376. The molecule has 0 aliphatic heterocycles. The average molecular weight is 309 g/mol. The van der Waals surface area contributed by atoms with Gasteiger partial charge in [0.1, 0.15) is 0 Å². The van der Waals surface area contributed by atoms with Gasteiger partial charge in [0.25, 0.3) is 0 Å². The van der Waals surface area contributed by atoms with Crippen LogP contribution in [-0.4, -0.2) is 21.3 Å². The van der Waals surface area contributed by atoms with E-state index in [-0.39, 0.29) is 6.42 Å².